The SMILES string of the molecule is CNC(=O)NC(=O)C(C)Oc1ccc(F)cc1Br. The van der Waals surface area contributed by atoms with E-state index >= 15 is 0 Å². The van der Waals surface area contributed by atoms with E-state index in [1.54, 1.807) is 0 Å². The van der Waals surface area contributed by atoms with Crippen LogP contribution in [-0.4, -0.2) is 25.1 Å². The molecule has 7 heteroatoms. The summed E-state index contributed by atoms with van der Waals surface area (Å²) in [5.41, 5.74) is 0. The van der Waals surface area contributed by atoms with Gasteiger partial charge in [-0.2, -0.15) is 0 Å². The molecule has 0 fully saturated rings. The molecule has 0 saturated carbocycles. The van der Waals surface area contributed by atoms with Crippen molar-refractivity contribution in [2.75, 3.05) is 7.05 Å². The third-order valence-corrected chi connectivity index (χ3v) is 2.65. The number of carbonyl (C=O) groups is 2. The number of rotatable bonds is 3. The van der Waals surface area contributed by atoms with Crippen LogP contribution in [0.25, 0.3) is 0 Å². The summed E-state index contributed by atoms with van der Waals surface area (Å²) < 4.78 is 18.5. The van der Waals surface area contributed by atoms with Crippen LogP contribution in [0.2, 0.25) is 0 Å². The van der Waals surface area contributed by atoms with Gasteiger partial charge < -0.3 is 10.1 Å². The first-order chi connectivity index (χ1) is 8.43. The molecule has 3 amide bonds. The van der Waals surface area contributed by atoms with Crippen molar-refractivity contribution in [1.82, 2.24) is 10.6 Å². The Balaban J connectivity index is 2.66. The Bertz CT molecular complexity index is 468. The molecule has 0 spiro atoms. The Morgan fingerprint density at radius 3 is 2.67 bits per heavy atom. The third kappa shape index (κ3) is 3.99. The highest BCUT2D eigenvalue weighted by Gasteiger charge is 2.17. The quantitative estimate of drug-likeness (QED) is 0.893. The van der Waals surface area contributed by atoms with Crippen LogP contribution in [0, 0.1) is 5.82 Å². The number of halogens is 2. The van der Waals surface area contributed by atoms with E-state index in [9.17, 15) is 14.0 Å². The minimum atomic E-state index is -0.885. The lowest BCUT2D eigenvalue weighted by Crippen LogP contribution is -2.44. The van der Waals surface area contributed by atoms with E-state index in [1.807, 2.05) is 0 Å². The third-order valence-electron chi connectivity index (χ3n) is 2.03. The maximum Gasteiger partial charge on any atom is 0.321 e. The van der Waals surface area contributed by atoms with Crippen molar-refractivity contribution in [3.8, 4) is 5.75 Å². The molecule has 2 N–H and O–H groups in total. The van der Waals surface area contributed by atoms with Gasteiger partial charge in [0, 0.05) is 7.05 Å². The molecule has 98 valence electrons. The second kappa shape index (κ2) is 6.34. The Morgan fingerprint density at radius 2 is 2.11 bits per heavy atom. The first kappa shape index (κ1) is 14.4. The maximum atomic E-state index is 12.8. The molecule has 5 nitrogen and oxygen atoms in total. The predicted molar refractivity (Wildman–Crippen MR) is 66.8 cm³/mol. The van der Waals surface area contributed by atoms with E-state index in [0.717, 1.165) is 0 Å². The lowest BCUT2D eigenvalue weighted by Gasteiger charge is -2.15. The fourth-order valence-electron chi connectivity index (χ4n) is 1.09. The zero-order chi connectivity index (χ0) is 13.7. The summed E-state index contributed by atoms with van der Waals surface area (Å²) in [6, 6.07) is 3.21. The fraction of sp³-hybridized carbons (Fsp3) is 0.273. The van der Waals surface area contributed by atoms with Crippen molar-refractivity contribution < 1.29 is 18.7 Å². The molecule has 0 heterocycles. The van der Waals surface area contributed by atoms with Crippen molar-refractivity contribution in [2.45, 2.75) is 13.0 Å². The van der Waals surface area contributed by atoms with E-state index in [4.69, 9.17) is 4.74 Å². The van der Waals surface area contributed by atoms with Crippen molar-refractivity contribution >= 4 is 27.9 Å². The van der Waals surface area contributed by atoms with Crippen molar-refractivity contribution in [2.24, 2.45) is 0 Å². The predicted octanol–water partition coefficient (Wildman–Crippen LogP) is 1.81. The minimum absolute atomic E-state index is 0.316. The number of imide groups is 1. The fourth-order valence-corrected chi connectivity index (χ4v) is 1.54. The summed E-state index contributed by atoms with van der Waals surface area (Å²) in [5.74, 6) is -0.696. The van der Waals surface area contributed by atoms with Gasteiger partial charge in [-0.1, -0.05) is 0 Å². The molecule has 1 atom stereocenters. The molecule has 1 aromatic rings. The van der Waals surface area contributed by atoms with Crippen molar-refractivity contribution in [1.29, 1.82) is 0 Å². The first-order valence-corrected chi connectivity index (χ1v) is 5.87. The molecular formula is C11H12BrFN2O3. The lowest BCUT2D eigenvalue weighted by atomic mass is 10.3. The van der Waals surface area contributed by atoms with Gasteiger partial charge in [0.1, 0.15) is 11.6 Å². The number of hydrogen-bond donors (Lipinski definition) is 2. The molecule has 0 aliphatic rings. The molecule has 0 saturated heterocycles. The van der Waals surface area contributed by atoms with Gasteiger partial charge in [-0.25, -0.2) is 9.18 Å². The van der Waals surface area contributed by atoms with Gasteiger partial charge in [0.05, 0.1) is 4.47 Å². The van der Waals surface area contributed by atoms with Crippen LogP contribution in [0.1, 0.15) is 6.92 Å². The summed E-state index contributed by atoms with van der Waals surface area (Å²) in [4.78, 5) is 22.4. The van der Waals surface area contributed by atoms with Crippen LogP contribution in [0.15, 0.2) is 22.7 Å². The standard InChI is InChI=1S/C11H12BrFN2O3/c1-6(10(16)15-11(17)14-2)18-9-4-3-7(13)5-8(9)12/h3-6H,1-2H3,(H2,14,15,16,17). The van der Waals surface area contributed by atoms with Crippen molar-refractivity contribution in [3.63, 3.8) is 0 Å². The number of amides is 3. The van der Waals surface area contributed by atoms with E-state index in [1.165, 1.54) is 32.2 Å². The number of ether oxygens (including phenoxy) is 1. The zero-order valence-electron chi connectivity index (χ0n) is 9.79. The summed E-state index contributed by atoms with van der Waals surface area (Å²) in [6.07, 6.45) is -0.885. The first-order valence-electron chi connectivity index (χ1n) is 5.08. The van der Waals surface area contributed by atoms with Crippen LogP contribution in [0.4, 0.5) is 9.18 Å². The van der Waals surface area contributed by atoms with Crippen LogP contribution in [-0.2, 0) is 4.79 Å². The number of carbonyl (C=O) groups excluding carboxylic acids is 2. The largest absolute Gasteiger partial charge is 0.480 e. The Morgan fingerprint density at radius 1 is 1.44 bits per heavy atom. The number of benzene rings is 1. The van der Waals surface area contributed by atoms with Crippen LogP contribution in [0.5, 0.6) is 5.75 Å². The normalized spacial score (nSPS) is 11.6. The molecule has 0 aliphatic carbocycles. The topological polar surface area (TPSA) is 67.4 Å². The van der Waals surface area contributed by atoms with Crippen molar-refractivity contribution in [3.05, 3.63) is 28.5 Å². The highest BCUT2D eigenvalue weighted by Crippen LogP contribution is 2.26. The highest BCUT2D eigenvalue weighted by atomic mass is 79.9. The second-order valence-corrected chi connectivity index (χ2v) is 4.26. The second-order valence-electron chi connectivity index (χ2n) is 3.40. The van der Waals surface area contributed by atoms with Gasteiger partial charge in [0.2, 0.25) is 0 Å². The van der Waals surface area contributed by atoms with Gasteiger partial charge in [-0.3, -0.25) is 10.1 Å². The van der Waals surface area contributed by atoms with Gasteiger partial charge in [0.15, 0.2) is 6.10 Å². The Hall–Kier alpha value is -1.63. The van der Waals surface area contributed by atoms with E-state index in [2.05, 4.69) is 26.6 Å². The van der Waals surface area contributed by atoms with E-state index in [0.29, 0.717) is 10.2 Å². The summed E-state index contributed by atoms with van der Waals surface area (Å²) in [7, 11) is 1.39. The van der Waals surface area contributed by atoms with Crippen LogP contribution >= 0.6 is 15.9 Å². The van der Waals surface area contributed by atoms with E-state index < -0.39 is 23.9 Å². The number of nitrogens with one attached hydrogen (secondary N) is 2. The minimum Gasteiger partial charge on any atom is -0.480 e. The van der Waals surface area contributed by atoms with Gasteiger partial charge >= 0.3 is 6.03 Å². The van der Waals surface area contributed by atoms with Gasteiger partial charge in [-0.05, 0) is 41.1 Å². The molecule has 0 radical (unpaired) electrons. The van der Waals surface area contributed by atoms with Crippen LogP contribution < -0.4 is 15.4 Å². The molecular weight excluding hydrogens is 307 g/mol. The molecule has 18 heavy (non-hydrogen) atoms. The molecule has 1 rings (SSSR count). The summed E-state index contributed by atoms with van der Waals surface area (Å²) >= 11 is 3.11. The molecule has 0 aromatic heterocycles. The van der Waals surface area contributed by atoms with E-state index in [-0.39, 0.29) is 0 Å². The maximum absolute atomic E-state index is 12.8. The molecule has 0 aliphatic heterocycles. The Labute approximate surface area is 112 Å². The lowest BCUT2D eigenvalue weighted by molar-refractivity contribution is -0.126. The smallest absolute Gasteiger partial charge is 0.321 e. The highest BCUT2D eigenvalue weighted by molar-refractivity contribution is 9.10. The monoisotopic (exact) mass is 318 g/mol. The van der Waals surface area contributed by atoms with Crippen LogP contribution in [0.3, 0.4) is 0 Å². The summed E-state index contributed by atoms with van der Waals surface area (Å²) in [5, 5.41) is 4.33. The number of hydrogen-bond acceptors (Lipinski definition) is 3. The van der Waals surface area contributed by atoms with Gasteiger partial charge in [0.25, 0.3) is 5.91 Å². The number of urea groups is 1. The zero-order valence-corrected chi connectivity index (χ0v) is 11.4. The molecule has 0 bridgehead atoms. The molecule has 1 aromatic carbocycles. The summed E-state index contributed by atoms with van der Waals surface area (Å²) in [6.45, 7) is 1.48. The average Bonchev–Trinajstić information content (AvgIpc) is 2.32. The Kier molecular flexibility index (Phi) is 5.08. The molecule has 1 unspecified atom stereocenters. The van der Waals surface area contributed by atoms with Gasteiger partial charge in [-0.15, -0.1) is 0 Å². The average molecular weight is 319 g/mol.